The van der Waals surface area contributed by atoms with Crippen LogP contribution in [0.1, 0.15) is 10.4 Å². The highest BCUT2D eigenvalue weighted by atomic mass is 35.5. The highest BCUT2D eigenvalue weighted by molar-refractivity contribution is 5.86. The number of carbonyl (C=O) groups is 1. The lowest BCUT2D eigenvalue weighted by Gasteiger charge is -1.87. The number of hydrogen-bond donors (Lipinski definition) is 1. The molecule has 0 atom stereocenters. The van der Waals surface area contributed by atoms with Crippen LogP contribution >= 0.6 is 12.4 Å². The number of aromatic carboxylic acids is 1. The van der Waals surface area contributed by atoms with Gasteiger partial charge in [-0.25, -0.2) is 4.79 Å². The van der Waals surface area contributed by atoms with Crippen LogP contribution in [-0.2, 0) is 0 Å². The lowest BCUT2D eigenvalue weighted by Crippen LogP contribution is -1.94. The summed E-state index contributed by atoms with van der Waals surface area (Å²) in [6.45, 7) is 0. The number of nitrogens with zero attached hydrogens (tertiary/aromatic N) is 1. The van der Waals surface area contributed by atoms with Crippen molar-refractivity contribution in [3.05, 3.63) is 30.1 Å². The van der Waals surface area contributed by atoms with Gasteiger partial charge in [0.2, 0.25) is 0 Å². The second kappa shape index (κ2) is 5.64. The maximum Gasteiger partial charge on any atom is 0.337 e. The maximum absolute atomic E-state index is 10.2. The lowest BCUT2D eigenvalue weighted by molar-refractivity contribution is 0.0696. The first-order valence-electron chi connectivity index (χ1n) is 2.44. The normalized spacial score (nSPS) is 7.27. The Morgan fingerprint density at radius 1 is 1.55 bits per heavy atom. The van der Waals surface area contributed by atoms with Crippen molar-refractivity contribution in [3.8, 4) is 0 Å². The number of hydrogen-bond acceptors (Lipinski definition) is 2. The van der Waals surface area contributed by atoms with Crippen molar-refractivity contribution in [1.82, 2.24) is 4.98 Å². The fraction of sp³-hybridized carbons (Fsp3) is 0. The average molecular weight is 178 g/mol. The van der Waals surface area contributed by atoms with E-state index in [4.69, 9.17) is 5.11 Å². The van der Waals surface area contributed by atoms with Crippen LogP contribution in [0.2, 0.25) is 0 Å². The minimum Gasteiger partial charge on any atom is -0.478 e. The number of carboxylic acid groups (broad SMARTS) is 1. The molecule has 0 aromatic carbocycles. The predicted molar refractivity (Wildman–Crippen MR) is 42.1 cm³/mol. The molecule has 11 heavy (non-hydrogen) atoms. The fourth-order valence-corrected chi connectivity index (χ4v) is 0.489. The van der Waals surface area contributed by atoms with Crippen LogP contribution in [0.4, 0.5) is 0 Å². The number of pyridine rings is 1. The number of halogens is 1. The first kappa shape index (κ1) is 12.5. The van der Waals surface area contributed by atoms with Crippen LogP contribution < -0.4 is 0 Å². The molecule has 1 rings (SSSR count). The quantitative estimate of drug-likeness (QED) is 0.673. The Morgan fingerprint density at radius 3 is 2.45 bits per heavy atom. The summed E-state index contributed by atoms with van der Waals surface area (Å²) in [6.07, 6.45) is 2.84. The van der Waals surface area contributed by atoms with Crippen molar-refractivity contribution in [1.29, 1.82) is 0 Å². The Kier molecular flexibility index (Phi) is 6.43. The van der Waals surface area contributed by atoms with E-state index in [1.54, 1.807) is 6.07 Å². The van der Waals surface area contributed by atoms with E-state index in [2.05, 4.69) is 4.98 Å². The average Bonchev–Trinajstić information content (AvgIpc) is 1.90. The molecule has 0 unspecified atom stereocenters. The molecule has 62 valence electrons. The highest BCUT2D eigenvalue weighted by Gasteiger charge is 1.97. The smallest absolute Gasteiger partial charge is 0.337 e. The molecule has 0 saturated carbocycles. The zero-order valence-electron chi connectivity index (χ0n) is 5.52. The van der Waals surface area contributed by atoms with Gasteiger partial charge in [0.05, 0.1) is 5.56 Å². The van der Waals surface area contributed by atoms with Crippen LogP contribution in [0.15, 0.2) is 24.5 Å². The molecule has 1 heterocycles. The van der Waals surface area contributed by atoms with E-state index in [0.29, 0.717) is 0 Å². The Labute approximate surface area is 69.6 Å². The van der Waals surface area contributed by atoms with Gasteiger partial charge in [0.25, 0.3) is 0 Å². The van der Waals surface area contributed by atoms with Crippen LogP contribution in [0.25, 0.3) is 0 Å². The van der Waals surface area contributed by atoms with Crippen molar-refractivity contribution in [2.45, 2.75) is 0 Å². The molecule has 0 aliphatic carbocycles. The van der Waals surface area contributed by atoms with Gasteiger partial charge in [-0.3, -0.25) is 4.98 Å². The van der Waals surface area contributed by atoms with Crippen LogP contribution in [0, 0.1) is 0 Å². The molecule has 5 heteroatoms. The Bertz CT molecular complexity index is 214. The van der Waals surface area contributed by atoms with E-state index in [9.17, 15) is 4.79 Å². The van der Waals surface area contributed by atoms with Gasteiger partial charge in [0.15, 0.2) is 0 Å². The molecule has 4 nitrogen and oxygen atoms in total. The van der Waals surface area contributed by atoms with Gasteiger partial charge in [-0.2, -0.15) is 0 Å². The van der Waals surface area contributed by atoms with Gasteiger partial charge in [0, 0.05) is 12.4 Å². The van der Waals surface area contributed by atoms with E-state index in [0.717, 1.165) is 0 Å². The summed E-state index contributed by atoms with van der Waals surface area (Å²) in [5.74, 6) is -0.942. The molecule has 0 bridgehead atoms. The third-order valence-corrected chi connectivity index (χ3v) is 0.908. The molecular weight excluding hydrogens is 170 g/mol. The van der Waals surface area contributed by atoms with E-state index in [1.807, 2.05) is 0 Å². The number of carboxylic acids is 1. The molecular formula is C6H8ClNO3. The summed E-state index contributed by atoms with van der Waals surface area (Å²) in [6, 6.07) is 3.08. The van der Waals surface area contributed by atoms with Crippen LogP contribution in [-0.4, -0.2) is 21.5 Å². The second-order valence-electron chi connectivity index (χ2n) is 1.55. The van der Waals surface area contributed by atoms with Crippen molar-refractivity contribution in [2.75, 3.05) is 0 Å². The maximum atomic E-state index is 10.2. The first-order chi connectivity index (χ1) is 4.30. The molecule has 3 N–H and O–H groups in total. The van der Waals surface area contributed by atoms with Crippen molar-refractivity contribution in [2.24, 2.45) is 0 Å². The lowest BCUT2D eigenvalue weighted by atomic mass is 10.3. The summed E-state index contributed by atoms with van der Waals surface area (Å²) in [5.41, 5.74) is 0.220. The van der Waals surface area contributed by atoms with Crippen molar-refractivity contribution < 1.29 is 15.4 Å². The molecule has 1 aromatic rings. The molecule has 0 saturated heterocycles. The third kappa shape index (κ3) is 3.54. The Balaban J connectivity index is 0. The topological polar surface area (TPSA) is 81.7 Å². The Morgan fingerprint density at radius 2 is 2.18 bits per heavy atom. The summed E-state index contributed by atoms with van der Waals surface area (Å²) in [4.78, 5) is 13.8. The summed E-state index contributed by atoms with van der Waals surface area (Å²) in [5, 5.41) is 8.34. The van der Waals surface area contributed by atoms with Gasteiger partial charge in [-0.05, 0) is 12.1 Å². The monoisotopic (exact) mass is 177 g/mol. The summed E-state index contributed by atoms with van der Waals surface area (Å²) >= 11 is 0. The Hall–Kier alpha value is -1.13. The van der Waals surface area contributed by atoms with Crippen LogP contribution in [0.3, 0.4) is 0 Å². The largest absolute Gasteiger partial charge is 0.478 e. The summed E-state index contributed by atoms with van der Waals surface area (Å²) < 4.78 is 0. The number of aromatic nitrogens is 1. The molecule has 0 amide bonds. The summed E-state index contributed by atoms with van der Waals surface area (Å²) in [7, 11) is 0. The van der Waals surface area contributed by atoms with E-state index in [-0.39, 0.29) is 23.4 Å². The molecule has 0 radical (unpaired) electrons. The van der Waals surface area contributed by atoms with Crippen molar-refractivity contribution in [3.63, 3.8) is 0 Å². The van der Waals surface area contributed by atoms with Crippen LogP contribution in [0.5, 0.6) is 0 Å². The van der Waals surface area contributed by atoms with Gasteiger partial charge >= 0.3 is 5.97 Å². The predicted octanol–water partition coefficient (Wildman–Crippen LogP) is 0.377. The van der Waals surface area contributed by atoms with Gasteiger partial charge < -0.3 is 10.6 Å². The molecule has 0 aliphatic rings. The molecule has 0 fully saturated rings. The van der Waals surface area contributed by atoms with E-state index in [1.165, 1.54) is 18.5 Å². The highest BCUT2D eigenvalue weighted by Crippen LogP contribution is 1.92. The zero-order chi connectivity index (χ0) is 6.69. The van der Waals surface area contributed by atoms with Gasteiger partial charge in [0.1, 0.15) is 0 Å². The SMILES string of the molecule is Cl.O.O=C(O)c1cccnc1. The third-order valence-electron chi connectivity index (χ3n) is 0.908. The zero-order valence-corrected chi connectivity index (χ0v) is 6.34. The van der Waals surface area contributed by atoms with Crippen molar-refractivity contribution >= 4 is 18.4 Å². The van der Waals surface area contributed by atoms with Gasteiger partial charge in [-0.1, -0.05) is 0 Å². The standard InChI is InChI=1S/C6H5NO2.ClH.H2O/c8-6(9)5-2-1-3-7-4-5;;/h1-4H,(H,8,9);1H;1H2. The van der Waals surface area contributed by atoms with E-state index < -0.39 is 5.97 Å². The molecule has 0 aliphatic heterocycles. The second-order valence-corrected chi connectivity index (χ2v) is 1.55. The minimum atomic E-state index is -0.942. The van der Waals surface area contributed by atoms with E-state index >= 15 is 0 Å². The first-order valence-corrected chi connectivity index (χ1v) is 2.44. The number of rotatable bonds is 1. The van der Waals surface area contributed by atoms with Gasteiger partial charge in [-0.15, -0.1) is 12.4 Å². The molecule has 1 aromatic heterocycles. The fourth-order valence-electron chi connectivity index (χ4n) is 0.489. The minimum absolute atomic E-state index is 0. The molecule has 0 spiro atoms.